The lowest BCUT2D eigenvalue weighted by molar-refractivity contribution is 0.393. The predicted molar refractivity (Wildman–Crippen MR) is 85.7 cm³/mol. The van der Waals surface area contributed by atoms with Gasteiger partial charge in [-0.1, -0.05) is 18.2 Å². The third-order valence-corrected chi connectivity index (χ3v) is 4.59. The van der Waals surface area contributed by atoms with Crippen molar-refractivity contribution in [1.82, 2.24) is 19.4 Å². The molecule has 1 atom stereocenters. The average Bonchev–Trinajstić information content (AvgIpc) is 3.10. The maximum Gasteiger partial charge on any atom is 0.125 e. The Balaban J connectivity index is 2.04. The molecule has 1 fully saturated rings. The van der Waals surface area contributed by atoms with Crippen LogP contribution in [0, 0.1) is 0 Å². The van der Waals surface area contributed by atoms with Gasteiger partial charge >= 0.3 is 0 Å². The van der Waals surface area contributed by atoms with Gasteiger partial charge in [-0.2, -0.15) is 0 Å². The van der Waals surface area contributed by atoms with Gasteiger partial charge in [-0.25, -0.2) is 4.98 Å². The quantitative estimate of drug-likeness (QED) is 0.682. The molecule has 0 radical (unpaired) electrons. The highest BCUT2D eigenvalue weighted by molar-refractivity contribution is 6.17. The smallest absolute Gasteiger partial charge is 0.125 e. The van der Waals surface area contributed by atoms with Gasteiger partial charge in [-0.05, 0) is 26.1 Å². The van der Waals surface area contributed by atoms with Crippen LogP contribution in [0.25, 0.3) is 21.9 Å². The van der Waals surface area contributed by atoms with Crippen molar-refractivity contribution >= 4 is 33.5 Å². The predicted octanol–water partition coefficient (Wildman–Crippen LogP) is 3.20. The fourth-order valence-corrected chi connectivity index (χ4v) is 3.57. The number of hydrogen-bond donors (Lipinski definition) is 0. The molecule has 0 aliphatic carbocycles. The van der Waals surface area contributed by atoms with E-state index in [1.54, 1.807) is 0 Å². The van der Waals surface area contributed by atoms with Gasteiger partial charge < -0.3 is 9.47 Å². The van der Waals surface area contributed by atoms with E-state index in [0.717, 1.165) is 41.8 Å². The Morgan fingerprint density at radius 3 is 2.90 bits per heavy atom. The Morgan fingerprint density at radius 2 is 2.14 bits per heavy atom. The summed E-state index contributed by atoms with van der Waals surface area (Å²) >= 11 is 6.15. The van der Waals surface area contributed by atoms with Crippen molar-refractivity contribution < 1.29 is 0 Å². The lowest BCUT2D eigenvalue weighted by atomic mass is 10.1. The molecule has 0 spiro atoms. The summed E-state index contributed by atoms with van der Waals surface area (Å²) in [5.41, 5.74) is 3.13. The molecule has 21 heavy (non-hydrogen) atoms. The van der Waals surface area contributed by atoms with Crippen molar-refractivity contribution in [3.05, 3.63) is 36.3 Å². The second-order valence-corrected chi connectivity index (χ2v) is 6.01. The molecule has 1 aliphatic rings. The minimum atomic E-state index is 0.434. The van der Waals surface area contributed by atoms with Gasteiger partial charge in [0.1, 0.15) is 11.3 Å². The number of rotatable bonds is 2. The van der Waals surface area contributed by atoms with Crippen LogP contribution in [0.15, 0.2) is 30.5 Å². The number of alkyl halides is 1. The van der Waals surface area contributed by atoms with Crippen molar-refractivity contribution in [2.45, 2.75) is 18.3 Å². The molecular formula is C16H17ClN4. The number of likely N-dealkylation sites (N-methyl/N-ethyl adjacent to an activating group) is 1. The number of nitrogens with zero attached hydrogens (tertiary/aromatic N) is 4. The summed E-state index contributed by atoms with van der Waals surface area (Å²) in [6, 6.07) is 8.70. The van der Waals surface area contributed by atoms with Crippen molar-refractivity contribution in [3.8, 4) is 0 Å². The fourth-order valence-electron chi connectivity index (χ4n) is 3.38. The molecule has 1 saturated heterocycles. The van der Waals surface area contributed by atoms with Gasteiger partial charge in [-0.3, -0.25) is 4.98 Å². The zero-order valence-corrected chi connectivity index (χ0v) is 12.7. The van der Waals surface area contributed by atoms with Gasteiger partial charge in [0.2, 0.25) is 0 Å². The Morgan fingerprint density at radius 1 is 1.29 bits per heavy atom. The molecule has 3 aromatic rings. The summed E-state index contributed by atoms with van der Waals surface area (Å²) in [4.78, 5) is 11.6. The number of pyridine rings is 1. The lowest BCUT2D eigenvalue weighted by Gasteiger charge is -2.16. The molecule has 3 heterocycles. The van der Waals surface area contributed by atoms with E-state index in [1.807, 2.05) is 18.3 Å². The number of benzene rings is 1. The van der Waals surface area contributed by atoms with Crippen molar-refractivity contribution in [1.29, 1.82) is 0 Å². The Hall–Kier alpha value is -1.65. The van der Waals surface area contributed by atoms with E-state index in [1.165, 1.54) is 5.52 Å². The molecule has 1 aliphatic heterocycles. The Kier molecular flexibility index (Phi) is 3.08. The molecule has 108 valence electrons. The summed E-state index contributed by atoms with van der Waals surface area (Å²) < 4.78 is 2.34. The normalized spacial score (nSPS) is 19.8. The lowest BCUT2D eigenvalue weighted by Crippen LogP contribution is -2.17. The van der Waals surface area contributed by atoms with Gasteiger partial charge in [0.15, 0.2) is 0 Å². The molecule has 1 aromatic carbocycles. The summed E-state index contributed by atoms with van der Waals surface area (Å²) in [6.45, 7) is 2.17. The molecule has 4 nitrogen and oxygen atoms in total. The Labute approximate surface area is 128 Å². The van der Waals surface area contributed by atoms with E-state index in [4.69, 9.17) is 16.6 Å². The SMILES string of the molecule is CN1CCC(n2c(CCl)nc3cnc4ccccc4c32)C1. The van der Waals surface area contributed by atoms with Crippen LogP contribution in [0.4, 0.5) is 0 Å². The molecule has 1 unspecified atom stereocenters. The first-order valence-corrected chi connectivity index (χ1v) is 7.80. The minimum absolute atomic E-state index is 0.434. The standard InChI is InChI=1S/C16H17ClN4/c1-20-7-6-11(10-20)21-15(8-17)19-14-9-18-13-5-3-2-4-12(13)16(14)21/h2-5,9,11H,6-8,10H2,1H3. The minimum Gasteiger partial charge on any atom is -0.322 e. The molecule has 0 amide bonds. The highest BCUT2D eigenvalue weighted by Crippen LogP contribution is 2.31. The first kappa shape index (κ1) is 13.0. The fraction of sp³-hybridized carbons (Fsp3) is 0.375. The third-order valence-electron chi connectivity index (χ3n) is 4.35. The maximum atomic E-state index is 6.15. The molecule has 0 N–H and O–H groups in total. The zero-order chi connectivity index (χ0) is 14.4. The molecule has 2 aromatic heterocycles. The molecular weight excluding hydrogens is 284 g/mol. The molecule has 5 heteroatoms. The highest BCUT2D eigenvalue weighted by Gasteiger charge is 2.26. The zero-order valence-electron chi connectivity index (χ0n) is 12.0. The topological polar surface area (TPSA) is 34.0 Å². The molecule has 0 bridgehead atoms. The Bertz CT molecular complexity index is 810. The van der Waals surface area contributed by atoms with Crippen LogP contribution >= 0.6 is 11.6 Å². The van der Waals surface area contributed by atoms with Crippen LogP contribution in [0.3, 0.4) is 0 Å². The molecule has 0 saturated carbocycles. The van der Waals surface area contributed by atoms with Gasteiger partial charge in [0, 0.05) is 18.0 Å². The van der Waals surface area contributed by atoms with Crippen LogP contribution < -0.4 is 0 Å². The number of fused-ring (bicyclic) bond motifs is 3. The molecule has 4 rings (SSSR count). The van der Waals surface area contributed by atoms with E-state index >= 15 is 0 Å². The third kappa shape index (κ3) is 2.01. The second kappa shape index (κ2) is 4.97. The van der Waals surface area contributed by atoms with Gasteiger partial charge in [0.05, 0.1) is 23.1 Å². The summed E-state index contributed by atoms with van der Waals surface area (Å²) in [5.74, 6) is 1.38. The van der Waals surface area contributed by atoms with Crippen molar-refractivity contribution in [3.63, 3.8) is 0 Å². The summed E-state index contributed by atoms with van der Waals surface area (Å²) in [6.07, 6.45) is 3.01. The monoisotopic (exact) mass is 300 g/mol. The number of halogens is 1. The first-order valence-electron chi connectivity index (χ1n) is 7.27. The average molecular weight is 301 g/mol. The van der Waals surface area contributed by atoms with Gasteiger partial charge in [0.25, 0.3) is 0 Å². The number of hydrogen-bond acceptors (Lipinski definition) is 3. The largest absolute Gasteiger partial charge is 0.322 e. The van der Waals surface area contributed by atoms with E-state index in [0.29, 0.717) is 11.9 Å². The van der Waals surface area contributed by atoms with Crippen LogP contribution in [0.1, 0.15) is 18.3 Å². The van der Waals surface area contributed by atoms with Crippen molar-refractivity contribution in [2.75, 3.05) is 20.1 Å². The number of para-hydroxylation sites is 1. The van der Waals surface area contributed by atoms with E-state index in [-0.39, 0.29) is 0 Å². The van der Waals surface area contributed by atoms with Crippen molar-refractivity contribution in [2.24, 2.45) is 0 Å². The second-order valence-electron chi connectivity index (χ2n) is 5.75. The van der Waals surface area contributed by atoms with Crippen LogP contribution in [-0.4, -0.2) is 39.6 Å². The number of aromatic nitrogens is 3. The number of likely N-dealkylation sites (tertiary alicyclic amines) is 1. The summed E-state index contributed by atoms with van der Waals surface area (Å²) in [7, 11) is 2.17. The first-order chi connectivity index (χ1) is 10.3. The van der Waals surface area contributed by atoms with Crippen LogP contribution in [0.5, 0.6) is 0 Å². The van der Waals surface area contributed by atoms with Gasteiger partial charge in [-0.15, -0.1) is 11.6 Å². The maximum absolute atomic E-state index is 6.15. The van der Waals surface area contributed by atoms with E-state index < -0.39 is 0 Å². The van der Waals surface area contributed by atoms with Crippen LogP contribution in [0.2, 0.25) is 0 Å². The summed E-state index contributed by atoms with van der Waals surface area (Å²) in [5, 5.41) is 1.16. The highest BCUT2D eigenvalue weighted by atomic mass is 35.5. The van der Waals surface area contributed by atoms with E-state index in [9.17, 15) is 0 Å². The van der Waals surface area contributed by atoms with Crippen LogP contribution in [-0.2, 0) is 5.88 Å². The number of imidazole rings is 1. The van der Waals surface area contributed by atoms with E-state index in [2.05, 4.69) is 33.6 Å².